The minimum absolute atomic E-state index is 0.326. The molecule has 0 aliphatic heterocycles. The third-order valence-electron chi connectivity index (χ3n) is 1.80. The van der Waals surface area contributed by atoms with Crippen LogP contribution in [-0.2, 0) is 0 Å². The first-order chi connectivity index (χ1) is 8.44. The summed E-state index contributed by atoms with van der Waals surface area (Å²) >= 11 is 2.91. The molecule has 0 saturated heterocycles. The fourth-order valence-electron chi connectivity index (χ4n) is 1.16. The Morgan fingerprint density at radius 1 is 1.33 bits per heavy atom. The lowest BCUT2D eigenvalue weighted by Crippen LogP contribution is -2.24. The smallest absolute Gasteiger partial charge is 0.238 e. The fourth-order valence-corrected chi connectivity index (χ4v) is 2.55. The van der Waals surface area contributed by atoms with Crippen molar-refractivity contribution in [2.75, 3.05) is 5.73 Å². The molecule has 0 aliphatic carbocycles. The standard InChI is InChI=1S/C11H14N4OS2/c1-11(2,3)16-9-7(12)4-5-8(14-9)18-10-15-13-6-17-10/h4-6H,12H2,1-3H3. The second kappa shape index (κ2) is 5.11. The number of pyridine rings is 1. The van der Waals surface area contributed by atoms with Gasteiger partial charge in [-0.05, 0) is 44.7 Å². The highest BCUT2D eigenvalue weighted by Gasteiger charge is 2.16. The molecule has 0 saturated carbocycles. The van der Waals surface area contributed by atoms with E-state index in [1.807, 2.05) is 26.8 Å². The Hall–Kier alpha value is -1.34. The van der Waals surface area contributed by atoms with Crippen molar-refractivity contribution in [2.24, 2.45) is 0 Å². The molecule has 0 aromatic carbocycles. The summed E-state index contributed by atoms with van der Waals surface area (Å²) in [6.07, 6.45) is 0. The summed E-state index contributed by atoms with van der Waals surface area (Å²) in [6.45, 7) is 5.87. The summed E-state index contributed by atoms with van der Waals surface area (Å²) in [6, 6.07) is 3.63. The van der Waals surface area contributed by atoms with Crippen molar-refractivity contribution in [2.45, 2.75) is 35.7 Å². The van der Waals surface area contributed by atoms with Crippen LogP contribution in [0.4, 0.5) is 5.69 Å². The second-order valence-corrected chi connectivity index (χ2v) is 6.67. The SMILES string of the molecule is CC(C)(C)Oc1nc(Sc2nncs2)ccc1N. The summed E-state index contributed by atoms with van der Waals surface area (Å²) in [5.41, 5.74) is 7.74. The average Bonchev–Trinajstić information content (AvgIpc) is 2.74. The van der Waals surface area contributed by atoms with Crippen LogP contribution in [-0.4, -0.2) is 20.8 Å². The Kier molecular flexibility index (Phi) is 3.72. The number of rotatable bonds is 3. The van der Waals surface area contributed by atoms with Crippen molar-refractivity contribution < 1.29 is 4.74 Å². The first-order valence-electron chi connectivity index (χ1n) is 5.33. The summed E-state index contributed by atoms with van der Waals surface area (Å²) in [4.78, 5) is 4.39. The lowest BCUT2D eigenvalue weighted by molar-refractivity contribution is 0.124. The van der Waals surface area contributed by atoms with E-state index in [1.54, 1.807) is 11.6 Å². The lowest BCUT2D eigenvalue weighted by atomic mass is 10.2. The molecule has 2 rings (SSSR count). The van der Waals surface area contributed by atoms with Gasteiger partial charge in [0.2, 0.25) is 5.88 Å². The van der Waals surface area contributed by atoms with Crippen LogP contribution in [0, 0.1) is 0 Å². The minimum atomic E-state index is -0.326. The number of nitrogens with two attached hydrogens (primary N) is 1. The maximum Gasteiger partial charge on any atom is 0.238 e. The molecule has 0 fully saturated rings. The molecule has 2 aromatic rings. The maximum absolute atomic E-state index is 5.85. The van der Waals surface area contributed by atoms with E-state index in [0.29, 0.717) is 11.6 Å². The molecule has 0 amide bonds. The molecule has 0 bridgehead atoms. The maximum atomic E-state index is 5.85. The largest absolute Gasteiger partial charge is 0.470 e. The van der Waals surface area contributed by atoms with Gasteiger partial charge in [0.15, 0.2) is 4.34 Å². The zero-order chi connectivity index (χ0) is 13.2. The summed E-state index contributed by atoms with van der Waals surface area (Å²) in [7, 11) is 0. The van der Waals surface area contributed by atoms with Crippen molar-refractivity contribution in [3.63, 3.8) is 0 Å². The number of ether oxygens (including phenoxy) is 1. The van der Waals surface area contributed by atoms with Gasteiger partial charge in [-0.3, -0.25) is 0 Å². The molecule has 2 aromatic heterocycles. The minimum Gasteiger partial charge on any atom is -0.470 e. The number of aromatic nitrogens is 3. The first-order valence-corrected chi connectivity index (χ1v) is 7.03. The number of nitrogens with zero attached hydrogens (tertiary/aromatic N) is 3. The topological polar surface area (TPSA) is 73.9 Å². The van der Waals surface area contributed by atoms with E-state index in [4.69, 9.17) is 10.5 Å². The van der Waals surface area contributed by atoms with Gasteiger partial charge in [0.05, 0.1) is 5.69 Å². The van der Waals surface area contributed by atoms with Crippen LogP contribution >= 0.6 is 23.1 Å². The molecule has 0 atom stereocenters. The zero-order valence-electron chi connectivity index (χ0n) is 10.4. The first kappa shape index (κ1) is 13.1. The van der Waals surface area contributed by atoms with E-state index in [1.165, 1.54) is 23.1 Å². The molecule has 96 valence electrons. The third-order valence-corrected chi connectivity index (χ3v) is 3.51. The van der Waals surface area contributed by atoms with Gasteiger partial charge in [0, 0.05) is 0 Å². The van der Waals surface area contributed by atoms with Gasteiger partial charge in [0.1, 0.15) is 16.1 Å². The Morgan fingerprint density at radius 2 is 2.11 bits per heavy atom. The monoisotopic (exact) mass is 282 g/mol. The normalized spacial score (nSPS) is 11.5. The average molecular weight is 282 g/mol. The van der Waals surface area contributed by atoms with Crippen molar-refractivity contribution >= 4 is 28.8 Å². The highest BCUT2D eigenvalue weighted by molar-refractivity contribution is 8.00. The highest BCUT2D eigenvalue weighted by atomic mass is 32.2. The van der Waals surface area contributed by atoms with Crippen LogP contribution in [0.5, 0.6) is 5.88 Å². The molecule has 18 heavy (non-hydrogen) atoms. The Balaban J connectivity index is 2.21. The summed E-state index contributed by atoms with van der Waals surface area (Å²) in [5, 5.41) is 8.53. The fraction of sp³-hybridized carbons (Fsp3) is 0.364. The zero-order valence-corrected chi connectivity index (χ0v) is 12.0. The second-order valence-electron chi connectivity index (χ2n) is 4.57. The molecule has 0 radical (unpaired) electrons. The van der Waals surface area contributed by atoms with E-state index in [0.717, 1.165) is 9.37 Å². The van der Waals surface area contributed by atoms with Crippen LogP contribution in [0.25, 0.3) is 0 Å². The summed E-state index contributed by atoms with van der Waals surface area (Å²) < 4.78 is 6.55. The van der Waals surface area contributed by atoms with Crippen molar-refractivity contribution in [3.05, 3.63) is 17.6 Å². The Labute approximate surface area is 114 Å². The van der Waals surface area contributed by atoms with Crippen LogP contribution in [0.15, 0.2) is 27.0 Å². The lowest BCUT2D eigenvalue weighted by Gasteiger charge is -2.21. The van der Waals surface area contributed by atoms with Gasteiger partial charge in [-0.1, -0.05) is 11.3 Å². The predicted molar refractivity (Wildman–Crippen MR) is 73.1 cm³/mol. The highest BCUT2D eigenvalue weighted by Crippen LogP contribution is 2.31. The number of anilines is 1. The Bertz CT molecular complexity index is 522. The van der Waals surface area contributed by atoms with Crippen molar-refractivity contribution in [1.82, 2.24) is 15.2 Å². The quantitative estimate of drug-likeness (QED) is 0.933. The van der Waals surface area contributed by atoms with E-state index in [-0.39, 0.29) is 5.60 Å². The van der Waals surface area contributed by atoms with E-state index in [2.05, 4.69) is 15.2 Å². The van der Waals surface area contributed by atoms with Gasteiger partial charge < -0.3 is 10.5 Å². The predicted octanol–water partition coefficient (Wildman–Crippen LogP) is 2.84. The molecule has 7 heteroatoms. The number of hydrogen-bond donors (Lipinski definition) is 1. The van der Waals surface area contributed by atoms with Gasteiger partial charge in [-0.2, -0.15) is 0 Å². The molecule has 2 heterocycles. The van der Waals surface area contributed by atoms with Gasteiger partial charge in [-0.25, -0.2) is 4.98 Å². The van der Waals surface area contributed by atoms with Crippen LogP contribution in [0.2, 0.25) is 0 Å². The molecule has 0 unspecified atom stereocenters. The van der Waals surface area contributed by atoms with Crippen LogP contribution in [0.1, 0.15) is 20.8 Å². The molecule has 2 N–H and O–H groups in total. The molecular weight excluding hydrogens is 268 g/mol. The molecule has 5 nitrogen and oxygen atoms in total. The van der Waals surface area contributed by atoms with Gasteiger partial charge >= 0.3 is 0 Å². The number of nitrogen functional groups attached to an aromatic ring is 1. The van der Waals surface area contributed by atoms with Crippen LogP contribution in [0.3, 0.4) is 0 Å². The molecule has 0 aliphatic rings. The number of hydrogen-bond acceptors (Lipinski definition) is 7. The van der Waals surface area contributed by atoms with Crippen molar-refractivity contribution in [3.8, 4) is 5.88 Å². The molecule has 0 spiro atoms. The van der Waals surface area contributed by atoms with E-state index in [9.17, 15) is 0 Å². The van der Waals surface area contributed by atoms with Gasteiger partial charge in [-0.15, -0.1) is 10.2 Å². The van der Waals surface area contributed by atoms with Crippen molar-refractivity contribution in [1.29, 1.82) is 0 Å². The summed E-state index contributed by atoms with van der Waals surface area (Å²) in [5.74, 6) is 0.456. The molecular formula is C11H14N4OS2. The third kappa shape index (κ3) is 3.58. The van der Waals surface area contributed by atoms with E-state index < -0.39 is 0 Å². The Morgan fingerprint density at radius 3 is 2.72 bits per heavy atom. The van der Waals surface area contributed by atoms with Gasteiger partial charge in [0.25, 0.3) is 0 Å². The van der Waals surface area contributed by atoms with Crippen LogP contribution < -0.4 is 10.5 Å². The van der Waals surface area contributed by atoms with E-state index >= 15 is 0 Å².